The van der Waals surface area contributed by atoms with Crippen LogP contribution in [0.3, 0.4) is 0 Å². The monoisotopic (exact) mass is 94.1 g/mol. The van der Waals surface area contributed by atoms with E-state index >= 15 is 0 Å². The minimum Gasteiger partial charge on any atom is -0.315 e. The molecule has 0 aliphatic rings. The van der Waals surface area contributed by atoms with Gasteiger partial charge in [-0.25, -0.2) is 0 Å². The molecule has 0 aromatic rings. The van der Waals surface area contributed by atoms with E-state index in [4.69, 9.17) is 17.4 Å². The van der Waals surface area contributed by atoms with E-state index in [1.807, 2.05) is 0 Å². The summed E-state index contributed by atoms with van der Waals surface area (Å²) in [6.45, 7) is 0. The molecule has 7 heavy (non-hydrogen) atoms. The summed E-state index contributed by atoms with van der Waals surface area (Å²) >= 11 is 0. The summed E-state index contributed by atoms with van der Waals surface area (Å²) in [5, 5.41) is 8.00. The highest BCUT2D eigenvalue weighted by Crippen LogP contribution is 1.78. The highest BCUT2D eigenvalue weighted by molar-refractivity contribution is 4.97. The van der Waals surface area contributed by atoms with Crippen molar-refractivity contribution in [3.8, 4) is 18.4 Å². The molecule has 2 nitrogen and oxygen atoms in total. The zero-order chi connectivity index (χ0) is 5.70. The van der Waals surface area contributed by atoms with Gasteiger partial charge < -0.3 is 5.73 Å². The quantitative estimate of drug-likeness (QED) is 0.460. The van der Waals surface area contributed by atoms with Crippen molar-refractivity contribution in [2.45, 2.75) is 12.5 Å². The molecule has 36 valence electrons. The number of terminal acetylenes is 1. The second-order valence-electron chi connectivity index (χ2n) is 1.14. The van der Waals surface area contributed by atoms with Gasteiger partial charge in [0.05, 0.1) is 6.07 Å². The number of hydrogen-bond donors (Lipinski definition) is 1. The highest BCUT2D eigenvalue weighted by atomic mass is 14.6. The second-order valence-corrected chi connectivity index (χ2v) is 1.14. The fourth-order valence-electron chi connectivity index (χ4n) is 0.173. The molecule has 0 radical (unpaired) electrons. The van der Waals surface area contributed by atoms with E-state index in [0.717, 1.165) is 0 Å². The van der Waals surface area contributed by atoms with Crippen LogP contribution in [0, 0.1) is 23.7 Å². The van der Waals surface area contributed by atoms with E-state index in [-0.39, 0.29) is 0 Å². The molecule has 2 N–H and O–H groups in total. The molecular weight excluding hydrogens is 88.1 g/mol. The van der Waals surface area contributed by atoms with Crippen LogP contribution in [0.5, 0.6) is 0 Å². The molecule has 0 saturated heterocycles. The number of hydrogen-bond acceptors (Lipinski definition) is 2. The van der Waals surface area contributed by atoms with E-state index in [0.29, 0.717) is 6.42 Å². The van der Waals surface area contributed by atoms with Crippen LogP contribution >= 0.6 is 0 Å². The fourth-order valence-corrected chi connectivity index (χ4v) is 0.173. The van der Waals surface area contributed by atoms with E-state index in [1.54, 1.807) is 6.07 Å². The molecule has 2 heteroatoms. The van der Waals surface area contributed by atoms with E-state index in [2.05, 4.69) is 5.92 Å². The van der Waals surface area contributed by atoms with E-state index in [9.17, 15) is 0 Å². The summed E-state index contributed by atoms with van der Waals surface area (Å²) in [6, 6.07) is 1.32. The first-order valence-corrected chi connectivity index (χ1v) is 1.90. The molecule has 0 fully saturated rings. The summed E-state index contributed by atoms with van der Waals surface area (Å²) in [5.41, 5.74) is 5.08. The Bertz CT molecular complexity index is 115. The highest BCUT2D eigenvalue weighted by Gasteiger charge is 1.91. The van der Waals surface area contributed by atoms with Crippen LogP contribution in [0.25, 0.3) is 0 Å². The van der Waals surface area contributed by atoms with Gasteiger partial charge in [-0.05, 0) is 0 Å². The Morgan fingerprint density at radius 2 is 2.43 bits per heavy atom. The van der Waals surface area contributed by atoms with Crippen molar-refractivity contribution in [2.75, 3.05) is 0 Å². The van der Waals surface area contributed by atoms with Crippen molar-refractivity contribution in [2.24, 2.45) is 5.73 Å². The predicted octanol–water partition coefficient (Wildman–Crippen LogP) is -0.139. The molecule has 0 rings (SSSR count). The Balaban J connectivity index is 3.27. The van der Waals surface area contributed by atoms with Gasteiger partial charge in [0, 0.05) is 6.42 Å². The molecule has 0 unspecified atom stereocenters. The summed E-state index contributed by atoms with van der Waals surface area (Å²) in [6.07, 6.45) is 5.17. The third-order valence-corrected chi connectivity index (χ3v) is 0.504. The van der Waals surface area contributed by atoms with Crippen LogP contribution in [-0.2, 0) is 0 Å². The van der Waals surface area contributed by atoms with Gasteiger partial charge in [0.1, 0.15) is 6.04 Å². The molecule has 0 aromatic heterocycles. The van der Waals surface area contributed by atoms with Crippen molar-refractivity contribution in [1.29, 1.82) is 5.26 Å². The molecule has 0 saturated carbocycles. The normalized spacial score (nSPS) is 11.3. The molecule has 0 aliphatic carbocycles. The van der Waals surface area contributed by atoms with Crippen molar-refractivity contribution >= 4 is 0 Å². The van der Waals surface area contributed by atoms with Gasteiger partial charge in [-0.3, -0.25) is 0 Å². The largest absolute Gasteiger partial charge is 0.315 e. The van der Waals surface area contributed by atoms with E-state index in [1.165, 1.54) is 0 Å². The smallest absolute Gasteiger partial charge is 0.104 e. The van der Waals surface area contributed by atoms with Crippen LogP contribution in [0.2, 0.25) is 0 Å². The Morgan fingerprint density at radius 1 is 1.86 bits per heavy atom. The molecule has 0 spiro atoms. The topological polar surface area (TPSA) is 49.8 Å². The lowest BCUT2D eigenvalue weighted by atomic mass is 10.3. The van der Waals surface area contributed by atoms with Gasteiger partial charge in [-0.1, -0.05) is 0 Å². The van der Waals surface area contributed by atoms with Crippen molar-refractivity contribution in [1.82, 2.24) is 0 Å². The fraction of sp³-hybridized carbons (Fsp3) is 0.400. The van der Waals surface area contributed by atoms with Crippen LogP contribution in [0.1, 0.15) is 6.42 Å². The van der Waals surface area contributed by atoms with Crippen LogP contribution in [0.15, 0.2) is 0 Å². The van der Waals surface area contributed by atoms with Crippen LogP contribution < -0.4 is 5.73 Å². The lowest BCUT2D eigenvalue weighted by Gasteiger charge is -1.88. The van der Waals surface area contributed by atoms with Crippen LogP contribution in [-0.4, -0.2) is 6.04 Å². The first-order valence-electron chi connectivity index (χ1n) is 1.90. The van der Waals surface area contributed by atoms with Gasteiger partial charge in [0.15, 0.2) is 0 Å². The number of rotatable bonds is 1. The van der Waals surface area contributed by atoms with Gasteiger partial charge in [-0.15, -0.1) is 12.3 Å². The van der Waals surface area contributed by atoms with Gasteiger partial charge in [0.25, 0.3) is 0 Å². The number of nitriles is 1. The lowest BCUT2D eigenvalue weighted by molar-refractivity contribution is 0.865. The Kier molecular flexibility index (Phi) is 2.76. The first-order chi connectivity index (χ1) is 3.31. The number of nitrogens with two attached hydrogens (primary N) is 1. The first kappa shape index (κ1) is 6.01. The zero-order valence-electron chi connectivity index (χ0n) is 3.89. The Labute approximate surface area is 42.9 Å². The summed E-state index contributed by atoms with van der Waals surface area (Å²) in [4.78, 5) is 0. The maximum atomic E-state index is 8.00. The summed E-state index contributed by atoms with van der Waals surface area (Å²) in [7, 11) is 0. The average molecular weight is 94.1 g/mol. The SMILES string of the molecule is C#CC[C@H](N)C#N. The Hall–Kier alpha value is -0.990. The predicted molar refractivity (Wildman–Crippen MR) is 27.0 cm³/mol. The lowest BCUT2D eigenvalue weighted by Crippen LogP contribution is -2.15. The minimum absolute atomic E-state index is 0.344. The average Bonchev–Trinajstić information content (AvgIpc) is 1.68. The van der Waals surface area contributed by atoms with Crippen molar-refractivity contribution in [3.63, 3.8) is 0 Å². The third-order valence-electron chi connectivity index (χ3n) is 0.504. The van der Waals surface area contributed by atoms with Gasteiger partial charge in [0.2, 0.25) is 0 Å². The number of nitrogens with zero attached hydrogens (tertiary/aromatic N) is 1. The summed E-state index contributed by atoms with van der Waals surface area (Å²) < 4.78 is 0. The van der Waals surface area contributed by atoms with Crippen LogP contribution in [0.4, 0.5) is 0 Å². The van der Waals surface area contributed by atoms with Gasteiger partial charge >= 0.3 is 0 Å². The summed E-state index contributed by atoms with van der Waals surface area (Å²) in [5.74, 6) is 2.27. The zero-order valence-corrected chi connectivity index (χ0v) is 3.89. The maximum absolute atomic E-state index is 8.00. The molecule has 0 bridgehead atoms. The maximum Gasteiger partial charge on any atom is 0.104 e. The van der Waals surface area contributed by atoms with Crippen molar-refractivity contribution in [3.05, 3.63) is 0 Å². The molecule has 0 aromatic carbocycles. The molecular formula is C5H6N2. The third kappa shape index (κ3) is 2.82. The molecule has 1 atom stereocenters. The Morgan fingerprint density at radius 3 is 2.57 bits per heavy atom. The standard InChI is InChI=1S/C5H6N2/c1-2-3-5(7)4-6/h1,5H,3,7H2/t5-/m0/s1. The van der Waals surface area contributed by atoms with Gasteiger partial charge in [-0.2, -0.15) is 5.26 Å². The molecule has 0 aliphatic heterocycles. The minimum atomic E-state index is -0.481. The van der Waals surface area contributed by atoms with Crippen molar-refractivity contribution < 1.29 is 0 Å². The van der Waals surface area contributed by atoms with E-state index < -0.39 is 6.04 Å². The molecule has 0 heterocycles. The molecule has 0 amide bonds. The second kappa shape index (κ2) is 3.21.